The smallest absolute Gasteiger partial charge is 0.242 e. The van der Waals surface area contributed by atoms with Gasteiger partial charge in [0.05, 0.1) is 24.5 Å². The van der Waals surface area contributed by atoms with Gasteiger partial charge in [-0.2, -0.15) is 0 Å². The molecule has 2 saturated heterocycles. The fraction of sp³-hybridized carbons (Fsp3) is 0.688. The Morgan fingerprint density at radius 1 is 1.23 bits per heavy atom. The van der Waals surface area contributed by atoms with E-state index in [2.05, 4.69) is 12.2 Å². The van der Waals surface area contributed by atoms with E-state index in [1.165, 1.54) is 4.90 Å². The minimum Gasteiger partial charge on any atom is -0.375 e. The van der Waals surface area contributed by atoms with Gasteiger partial charge in [0.15, 0.2) is 0 Å². The molecule has 0 aromatic rings. The molecule has 3 fully saturated rings. The lowest BCUT2D eigenvalue weighted by Gasteiger charge is -2.32. The summed E-state index contributed by atoms with van der Waals surface area (Å²) in [6.45, 7) is 3.36. The largest absolute Gasteiger partial charge is 0.375 e. The van der Waals surface area contributed by atoms with Crippen molar-refractivity contribution in [3.05, 3.63) is 12.2 Å². The molecule has 0 aromatic heterocycles. The molecule has 118 valence electrons. The van der Waals surface area contributed by atoms with Crippen LogP contribution in [0.25, 0.3) is 0 Å². The SMILES string of the molecule is CC1CN(C(=O)CN2C(=O)C3C4C=CC(C4)C3C2=O)CCO1. The van der Waals surface area contributed by atoms with E-state index in [4.69, 9.17) is 4.74 Å². The summed E-state index contributed by atoms with van der Waals surface area (Å²) in [5, 5.41) is 0. The first-order valence-electron chi connectivity index (χ1n) is 7.99. The molecule has 22 heavy (non-hydrogen) atoms. The number of hydrogen-bond donors (Lipinski definition) is 0. The summed E-state index contributed by atoms with van der Waals surface area (Å²) in [6, 6.07) is 0. The molecule has 6 heteroatoms. The van der Waals surface area contributed by atoms with Gasteiger partial charge in [0, 0.05) is 13.1 Å². The molecule has 0 N–H and O–H groups in total. The van der Waals surface area contributed by atoms with E-state index in [0.29, 0.717) is 19.7 Å². The number of carbonyl (C=O) groups is 3. The van der Waals surface area contributed by atoms with Crippen LogP contribution >= 0.6 is 0 Å². The number of rotatable bonds is 2. The van der Waals surface area contributed by atoms with Crippen molar-refractivity contribution in [2.75, 3.05) is 26.2 Å². The van der Waals surface area contributed by atoms with Gasteiger partial charge in [-0.05, 0) is 25.2 Å². The van der Waals surface area contributed by atoms with Crippen LogP contribution in [-0.4, -0.2) is 59.9 Å². The first-order chi connectivity index (χ1) is 10.6. The van der Waals surface area contributed by atoms with Gasteiger partial charge >= 0.3 is 0 Å². The summed E-state index contributed by atoms with van der Waals surface area (Å²) < 4.78 is 5.42. The Morgan fingerprint density at radius 2 is 1.86 bits per heavy atom. The predicted octanol–water partition coefficient (Wildman–Crippen LogP) is 0.0408. The highest BCUT2D eigenvalue weighted by molar-refractivity contribution is 6.08. The number of ether oxygens (including phenoxy) is 1. The zero-order valence-corrected chi connectivity index (χ0v) is 12.6. The first kappa shape index (κ1) is 13.9. The van der Waals surface area contributed by atoms with Crippen molar-refractivity contribution in [3.63, 3.8) is 0 Å². The molecule has 0 spiro atoms. The standard InChI is InChI=1S/C16H20N2O4/c1-9-7-17(4-5-22-9)12(19)8-18-15(20)13-10-2-3-11(6-10)14(13)16(18)21/h2-3,9-11,13-14H,4-8H2,1H3. The maximum Gasteiger partial charge on any atom is 0.242 e. The van der Waals surface area contributed by atoms with E-state index in [-0.39, 0.29) is 54.0 Å². The molecule has 0 radical (unpaired) electrons. The number of likely N-dealkylation sites (tertiary alicyclic amines) is 1. The second-order valence-corrected chi connectivity index (χ2v) is 6.78. The quantitative estimate of drug-likeness (QED) is 0.534. The third kappa shape index (κ3) is 1.93. The monoisotopic (exact) mass is 304 g/mol. The van der Waals surface area contributed by atoms with Crippen LogP contribution in [0, 0.1) is 23.7 Å². The van der Waals surface area contributed by atoms with Crippen LogP contribution in [0.2, 0.25) is 0 Å². The van der Waals surface area contributed by atoms with Gasteiger partial charge in [0.2, 0.25) is 17.7 Å². The molecule has 2 bridgehead atoms. The van der Waals surface area contributed by atoms with E-state index in [0.717, 1.165) is 6.42 Å². The van der Waals surface area contributed by atoms with Crippen molar-refractivity contribution in [3.8, 4) is 0 Å². The summed E-state index contributed by atoms with van der Waals surface area (Å²) >= 11 is 0. The number of nitrogens with zero attached hydrogens (tertiary/aromatic N) is 2. The average molecular weight is 304 g/mol. The highest BCUT2D eigenvalue weighted by atomic mass is 16.5. The van der Waals surface area contributed by atoms with Crippen molar-refractivity contribution in [1.82, 2.24) is 9.80 Å². The summed E-state index contributed by atoms with van der Waals surface area (Å²) in [6.07, 6.45) is 5.04. The van der Waals surface area contributed by atoms with Gasteiger partial charge in [0.25, 0.3) is 0 Å². The highest BCUT2D eigenvalue weighted by Crippen LogP contribution is 2.52. The average Bonchev–Trinajstić information content (AvgIpc) is 3.17. The van der Waals surface area contributed by atoms with E-state index in [1.54, 1.807) is 4.90 Å². The molecule has 5 atom stereocenters. The molecule has 5 unspecified atom stereocenters. The van der Waals surface area contributed by atoms with Crippen molar-refractivity contribution >= 4 is 17.7 Å². The third-order valence-electron chi connectivity index (χ3n) is 5.45. The van der Waals surface area contributed by atoms with Gasteiger partial charge in [-0.1, -0.05) is 12.2 Å². The molecular weight excluding hydrogens is 284 g/mol. The molecular formula is C16H20N2O4. The summed E-state index contributed by atoms with van der Waals surface area (Å²) in [5.41, 5.74) is 0. The molecule has 4 aliphatic rings. The van der Waals surface area contributed by atoms with Gasteiger partial charge < -0.3 is 9.64 Å². The maximum atomic E-state index is 12.5. The van der Waals surface area contributed by atoms with E-state index in [9.17, 15) is 14.4 Å². The molecule has 2 aliphatic carbocycles. The lowest BCUT2D eigenvalue weighted by Crippen LogP contribution is -2.49. The van der Waals surface area contributed by atoms with Crippen LogP contribution in [-0.2, 0) is 19.1 Å². The Morgan fingerprint density at radius 3 is 2.45 bits per heavy atom. The normalized spacial score (nSPS) is 39.8. The number of morpholine rings is 1. The molecule has 2 aliphatic heterocycles. The van der Waals surface area contributed by atoms with Crippen LogP contribution in [0.1, 0.15) is 13.3 Å². The molecule has 2 heterocycles. The molecule has 4 rings (SSSR count). The topological polar surface area (TPSA) is 66.9 Å². The Kier molecular flexibility index (Phi) is 3.11. The predicted molar refractivity (Wildman–Crippen MR) is 76.4 cm³/mol. The maximum absolute atomic E-state index is 12.5. The van der Waals surface area contributed by atoms with Gasteiger partial charge in [0.1, 0.15) is 6.54 Å². The molecule has 1 saturated carbocycles. The Hall–Kier alpha value is -1.69. The summed E-state index contributed by atoms with van der Waals surface area (Å²) in [4.78, 5) is 40.4. The van der Waals surface area contributed by atoms with Gasteiger partial charge in [-0.3, -0.25) is 19.3 Å². The number of allylic oxidation sites excluding steroid dienone is 2. The lowest BCUT2D eigenvalue weighted by atomic mass is 9.85. The van der Waals surface area contributed by atoms with Gasteiger partial charge in [-0.25, -0.2) is 0 Å². The van der Waals surface area contributed by atoms with Crippen LogP contribution in [0.15, 0.2) is 12.2 Å². The van der Waals surface area contributed by atoms with Crippen LogP contribution < -0.4 is 0 Å². The zero-order chi connectivity index (χ0) is 15.4. The summed E-state index contributed by atoms with van der Waals surface area (Å²) in [5.74, 6) is -0.525. The lowest BCUT2D eigenvalue weighted by molar-refractivity contribution is -0.149. The molecule has 0 aromatic carbocycles. The highest BCUT2D eigenvalue weighted by Gasteiger charge is 2.59. The fourth-order valence-electron chi connectivity index (χ4n) is 4.40. The van der Waals surface area contributed by atoms with Crippen molar-refractivity contribution in [2.24, 2.45) is 23.7 Å². The minimum atomic E-state index is -0.223. The van der Waals surface area contributed by atoms with E-state index < -0.39 is 0 Å². The minimum absolute atomic E-state index is 0.00195. The number of imide groups is 1. The number of fused-ring (bicyclic) bond motifs is 5. The van der Waals surface area contributed by atoms with Crippen molar-refractivity contribution in [1.29, 1.82) is 0 Å². The second kappa shape index (κ2) is 4.91. The fourth-order valence-corrected chi connectivity index (χ4v) is 4.40. The van der Waals surface area contributed by atoms with Gasteiger partial charge in [-0.15, -0.1) is 0 Å². The van der Waals surface area contributed by atoms with Crippen LogP contribution in [0.5, 0.6) is 0 Å². The third-order valence-corrected chi connectivity index (χ3v) is 5.45. The van der Waals surface area contributed by atoms with Crippen LogP contribution in [0.3, 0.4) is 0 Å². The molecule has 6 nitrogen and oxygen atoms in total. The number of hydrogen-bond acceptors (Lipinski definition) is 4. The van der Waals surface area contributed by atoms with E-state index >= 15 is 0 Å². The second-order valence-electron chi connectivity index (χ2n) is 6.78. The Labute approximate surface area is 129 Å². The Balaban J connectivity index is 1.47. The zero-order valence-electron chi connectivity index (χ0n) is 12.6. The molecule has 3 amide bonds. The first-order valence-corrected chi connectivity index (χ1v) is 7.99. The van der Waals surface area contributed by atoms with Crippen molar-refractivity contribution in [2.45, 2.75) is 19.4 Å². The van der Waals surface area contributed by atoms with Crippen molar-refractivity contribution < 1.29 is 19.1 Å². The number of amides is 3. The Bertz CT molecular complexity index is 542. The summed E-state index contributed by atoms with van der Waals surface area (Å²) in [7, 11) is 0. The van der Waals surface area contributed by atoms with E-state index in [1.807, 2.05) is 6.92 Å². The number of carbonyl (C=O) groups excluding carboxylic acids is 3. The van der Waals surface area contributed by atoms with Crippen LogP contribution in [0.4, 0.5) is 0 Å².